The first-order chi connectivity index (χ1) is 10.2. The van der Waals surface area contributed by atoms with Crippen molar-refractivity contribution in [3.63, 3.8) is 0 Å². The van der Waals surface area contributed by atoms with Crippen molar-refractivity contribution in [3.8, 4) is 0 Å². The number of carbonyl (C=O) groups is 1. The van der Waals surface area contributed by atoms with Crippen LogP contribution in [0.2, 0.25) is 0 Å². The molecule has 3 rings (SSSR count). The minimum absolute atomic E-state index is 0.235. The molecule has 0 unspecified atom stereocenters. The standard InChI is InChI=1S/C17H31N3O/c1-19-11-8-16(9-12-19)20-10-4-5-14(13-20)17(21)18-15-6-2-3-7-15/h14-16H,2-13H2,1H3,(H,18,21)/t14-/m0/s1. The van der Waals surface area contributed by atoms with E-state index in [0.717, 1.165) is 13.0 Å². The van der Waals surface area contributed by atoms with Gasteiger partial charge in [-0.25, -0.2) is 0 Å². The van der Waals surface area contributed by atoms with Gasteiger partial charge in [0.15, 0.2) is 0 Å². The topological polar surface area (TPSA) is 35.6 Å². The highest BCUT2D eigenvalue weighted by Gasteiger charge is 2.32. The van der Waals surface area contributed by atoms with E-state index in [4.69, 9.17) is 0 Å². The van der Waals surface area contributed by atoms with Gasteiger partial charge in [-0.05, 0) is 65.2 Å². The molecule has 0 aromatic rings. The maximum Gasteiger partial charge on any atom is 0.224 e. The highest BCUT2D eigenvalue weighted by Crippen LogP contribution is 2.25. The Kier molecular flexibility index (Phi) is 5.17. The molecule has 120 valence electrons. The zero-order chi connectivity index (χ0) is 14.7. The van der Waals surface area contributed by atoms with Crippen LogP contribution < -0.4 is 5.32 Å². The molecule has 0 spiro atoms. The molecule has 1 saturated carbocycles. The third-order valence-corrected chi connectivity index (χ3v) is 5.73. The van der Waals surface area contributed by atoms with Crippen LogP contribution in [0.5, 0.6) is 0 Å². The maximum absolute atomic E-state index is 12.5. The van der Waals surface area contributed by atoms with E-state index in [1.165, 1.54) is 64.6 Å². The van der Waals surface area contributed by atoms with Crippen molar-refractivity contribution in [2.75, 3.05) is 33.2 Å². The SMILES string of the molecule is CN1CCC(N2CCC[C@H](C(=O)NC3CCCC3)C2)CC1. The third-order valence-electron chi connectivity index (χ3n) is 5.73. The van der Waals surface area contributed by atoms with E-state index in [1.54, 1.807) is 0 Å². The van der Waals surface area contributed by atoms with Gasteiger partial charge in [-0.1, -0.05) is 12.8 Å². The molecule has 0 aromatic heterocycles. The number of carbonyl (C=O) groups excluding carboxylic acids is 1. The lowest BCUT2D eigenvalue weighted by molar-refractivity contribution is -0.127. The molecule has 0 aromatic carbocycles. The van der Waals surface area contributed by atoms with Crippen molar-refractivity contribution < 1.29 is 4.79 Å². The lowest BCUT2D eigenvalue weighted by Crippen LogP contribution is -2.51. The molecule has 0 bridgehead atoms. The van der Waals surface area contributed by atoms with Crippen LogP contribution in [0, 0.1) is 5.92 Å². The lowest BCUT2D eigenvalue weighted by atomic mass is 9.93. The number of hydrogen-bond acceptors (Lipinski definition) is 3. The average Bonchev–Trinajstić information content (AvgIpc) is 3.01. The van der Waals surface area contributed by atoms with Crippen molar-refractivity contribution in [1.82, 2.24) is 15.1 Å². The Morgan fingerprint density at radius 1 is 0.952 bits per heavy atom. The van der Waals surface area contributed by atoms with Crippen LogP contribution >= 0.6 is 0 Å². The molecule has 2 heterocycles. The van der Waals surface area contributed by atoms with Gasteiger partial charge in [0.25, 0.3) is 0 Å². The van der Waals surface area contributed by atoms with Crippen molar-refractivity contribution in [3.05, 3.63) is 0 Å². The maximum atomic E-state index is 12.5. The highest BCUT2D eigenvalue weighted by molar-refractivity contribution is 5.79. The van der Waals surface area contributed by atoms with Crippen LogP contribution in [0.1, 0.15) is 51.4 Å². The average molecular weight is 293 g/mol. The first-order valence-corrected chi connectivity index (χ1v) is 8.95. The van der Waals surface area contributed by atoms with Crippen LogP contribution in [0.3, 0.4) is 0 Å². The molecule has 3 aliphatic rings. The summed E-state index contributed by atoms with van der Waals surface area (Å²) in [5.41, 5.74) is 0. The quantitative estimate of drug-likeness (QED) is 0.862. The second-order valence-electron chi connectivity index (χ2n) is 7.36. The van der Waals surface area contributed by atoms with Gasteiger partial charge < -0.3 is 10.2 Å². The molecule has 1 atom stereocenters. The first-order valence-electron chi connectivity index (χ1n) is 8.95. The summed E-state index contributed by atoms with van der Waals surface area (Å²) in [4.78, 5) is 17.5. The van der Waals surface area contributed by atoms with Crippen molar-refractivity contribution >= 4 is 5.91 Å². The monoisotopic (exact) mass is 293 g/mol. The number of amides is 1. The van der Waals surface area contributed by atoms with Gasteiger partial charge in [0.1, 0.15) is 0 Å². The highest BCUT2D eigenvalue weighted by atomic mass is 16.2. The number of rotatable bonds is 3. The van der Waals surface area contributed by atoms with Gasteiger partial charge in [-0.15, -0.1) is 0 Å². The van der Waals surface area contributed by atoms with Crippen LogP contribution in [-0.2, 0) is 4.79 Å². The summed E-state index contributed by atoms with van der Waals surface area (Å²) in [5.74, 6) is 0.568. The minimum atomic E-state index is 0.235. The van der Waals surface area contributed by atoms with Crippen molar-refractivity contribution in [2.45, 2.75) is 63.5 Å². The van der Waals surface area contributed by atoms with Gasteiger partial charge in [0, 0.05) is 18.6 Å². The fourth-order valence-electron chi connectivity index (χ4n) is 4.30. The number of likely N-dealkylation sites (tertiary alicyclic amines) is 2. The van der Waals surface area contributed by atoms with E-state index < -0.39 is 0 Å². The first kappa shape index (κ1) is 15.3. The lowest BCUT2D eigenvalue weighted by Gasteiger charge is -2.41. The van der Waals surface area contributed by atoms with E-state index in [0.29, 0.717) is 18.0 Å². The third kappa shape index (κ3) is 3.98. The van der Waals surface area contributed by atoms with E-state index >= 15 is 0 Å². The molecule has 1 N–H and O–H groups in total. The van der Waals surface area contributed by atoms with Gasteiger partial charge >= 0.3 is 0 Å². The fourth-order valence-corrected chi connectivity index (χ4v) is 4.30. The number of nitrogens with zero attached hydrogens (tertiary/aromatic N) is 2. The Balaban J connectivity index is 1.49. The molecule has 2 saturated heterocycles. The van der Waals surface area contributed by atoms with Gasteiger partial charge in [0.2, 0.25) is 5.91 Å². The fraction of sp³-hybridized carbons (Fsp3) is 0.941. The Morgan fingerprint density at radius 2 is 1.67 bits per heavy atom. The summed E-state index contributed by atoms with van der Waals surface area (Å²) in [5, 5.41) is 3.31. The van der Waals surface area contributed by atoms with E-state index in [1.807, 2.05) is 0 Å². The van der Waals surface area contributed by atoms with Crippen LogP contribution in [-0.4, -0.2) is 61.0 Å². The largest absolute Gasteiger partial charge is 0.353 e. The molecular weight excluding hydrogens is 262 g/mol. The molecule has 4 nitrogen and oxygen atoms in total. The number of piperidine rings is 2. The molecule has 1 amide bonds. The van der Waals surface area contributed by atoms with Crippen molar-refractivity contribution in [1.29, 1.82) is 0 Å². The van der Waals surface area contributed by atoms with E-state index in [2.05, 4.69) is 22.2 Å². The number of nitrogens with one attached hydrogen (secondary N) is 1. The molecular formula is C17H31N3O. The molecule has 3 fully saturated rings. The minimum Gasteiger partial charge on any atom is -0.353 e. The second kappa shape index (κ2) is 7.10. The summed E-state index contributed by atoms with van der Waals surface area (Å²) in [6.45, 7) is 4.61. The summed E-state index contributed by atoms with van der Waals surface area (Å²) in [7, 11) is 2.21. The Labute approximate surface area is 129 Å². The van der Waals surface area contributed by atoms with Gasteiger partial charge in [-0.3, -0.25) is 9.69 Å². The summed E-state index contributed by atoms with van der Waals surface area (Å²) >= 11 is 0. The normalized spacial score (nSPS) is 30.6. The van der Waals surface area contributed by atoms with Crippen LogP contribution in [0.15, 0.2) is 0 Å². The van der Waals surface area contributed by atoms with Crippen LogP contribution in [0.4, 0.5) is 0 Å². The Bertz CT molecular complexity index is 346. The molecule has 1 aliphatic carbocycles. The number of hydrogen-bond donors (Lipinski definition) is 1. The summed E-state index contributed by atoms with van der Waals surface area (Å²) < 4.78 is 0. The van der Waals surface area contributed by atoms with E-state index in [-0.39, 0.29) is 5.92 Å². The molecule has 4 heteroatoms. The van der Waals surface area contributed by atoms with Gasteiger partial charge in [-0.2, -0.15) is 0 Å². The summed E-state index contributed by atoms with van der Waals surface area (Å²) in [6, 6.07) is 1.18. The van der Waals surface area contributed by atoms with Gasteiger partial charge in [0.05, 0.1) is 5.92 Å². The van der Waals surface area contributed by atoms with Crippen LogP contribution in [0.25, 0.3) is 0 Å². The summed E-state index contributed by atoms with van der Waals surface area (Å²) in [6.07, 6.45) is 9.78. The molecule has 0 radical (unpaired) electrons. The second-order valence-corrected chi connectivity index (χ2v) is 7.36. The predicted molar refractivity (Wildman–Crippen MR) is 85.2 cm³/mol. The molecule has 21 heavy (non-hydrogen) atoms. The predicted octanol–water partition coefficient (Wildman–Crippen LogP) is 1.85. The zero-order valence-electron chi connectivity index (χ0n) is 13.5. The van der Waals surface area contributed by atoms with Crippen molar-refractivity contribution in [2.24, 2.45) is 5.92 Å². The smallest absolute Gasteiger partial charge is 0.224 e. The zero-order valence-corrected chi connectivity index (χ0v) is 13.5. The Morgan fingerprint density at radius 3 is 2.38 bits per heavy atom. The molecule has 2 aliphatic heterocycles. The Hall–Kier alpha value is -0.610. The van der Waals surface area contributed by atoms with E-state index in [9.17, 15) is 4.79 Å².